The summed E-state index contributed by atoms with van der Waals surface area (Å²) in [5, 5.41) is 3.80. The van der Waals surface area contributed by atoms with E-state index in [0.717, 1.165) is 24.6 Å². The Morgan fingerprint density at radius 3 is 2.67 bits per heavy atom. The predicted octanol–water partition coefficient (Wildman–Crippen LogP) is -0.172. The quantitative estimate of drug-likeness (QED) is 0.676. The van der Waals surface area contributed by atoms with Crippen molar-refractivity contribution < 1.29 is 9.59 Å². The Kier molecular flexibility index (Phi) is 3.25. The fourth-order valence-corrected chi connectivity index (χ4v) is 2.48. The number of nitrogens with zero attached hydrogens (tertiary/aromatic N) is 2. The number of rotatable bonds is 1. The summed E-state index contributed by atoms with van der Waals surface area (Å²) in [7, 11) is 0. The number of carbonyl (C=O) groups excluding carboxylic acids is 2. The van der Waals surface area contributed by atoms with Crippen LogP contribution >= 0.6 is 11.8 Å². The van der Waals surface area contributed by atoms with Crippen molar-refractivity contribution in [2.45, 2.75) is 12.8 Å². The van der Waals surface area contributed by atoms with Gasteiger partial charge in [-0.2, -0.15) is 16.9 Å². The summed E-state index contributed by atoms with van der Waals surface area (Å²) in [6, 6.07) is 0. The standard InChI is InChI=1S/C9H13N3O2S/c13-8-2-1-7(10-11-8)9(14)12-3-5-15-6-4-12/h1-6H2,(H,11,13). The molecule has 0 unspecified atom stereocenters. The normalized spacial score (nSPS) is 22.0. The van der Waals surface area contributed by atoms with Gasteiger partial charge in [-0.1, -0.05) is 0 Å². The molecule has 15 heavy (non-hydrogen) atoms. The van der Waals surface area contributed by atoms with Crippen LogP contribution in [0.4, 0.5) is 0 Å². The lowest BCUT2D eigenvalue weighted by atomic mass is 10.1. The van der Waals surface area contributed by atoms with Gasteiger partial charge in [-0.15, -0.1) is 0 Å². The second-order valence-corrected chi connectivity index (χ2v) is 4.72. The largest absolute Gasteiger partial charge is 0.336 e. The Labute approximate surface area is 92.3 Å². The molecule has 1 saturated heterocycles. The molecule has 2 amide bonds. The number of hydrogen-bond donors (Lipinski definition) is 1. The maximum absolute atomic E-state index is 11.9. The van der Waals surface area contributed by atoms with Crippen LogP contribution in [-0.4, -0.2) is 47.0 Å². The van der Waals surface area contributed by atoms with Gasteiger partial charge in [-0.25, -0.2) is 5.43 Å². The summed E-state index contributed by atoms with van der Waals surface area (Å²) in [6.45, 7) is 1.58. The van der Waals surface area contributed by atoms with Crippen molar-refractivity contribution in [3.8, 4) is 0 Å². The molecular weight excluding hydrogens is 214 g/mol. The van der Waals surface area contributed by atoms with Crippen molar-refractivity contribution in [2.75, 3.05) is 24.6 Å². The van der Waals surface area contributed by atoms with Crippen LogP contribution in [0.2, 0.25) is 0 Å². The molecule has 0 radical (unpaired) electrons. The molecule has 1 N–H and O–H groups in total. The van der Waals surface area contributed by atoms with Gasteiger partial charge in [0.25, 0.3) is 5.91 Å². The maximum atomic E-state index is 11.9. The maximum Gasteiger partial charge on any atom is 0.270 e. The molecule has 5 nitrogen and oxygen atoms in total. The number of amides is 2. The third-order valence-electron chi connectivity index (χ3n) is 2.45. The summed E-state index contributed by atoms with van der Waals surface area (Å²) < 4.78 is 0. The lowest BCUT2D eigenvalue weighted by Gasteiger charge is -2.27. The van der Waals surface area contributed by atoms with Crippen LogP contribution in [0.5, 0.6) is 0 Å². The molecule has 1 fully saturated rings. The van der Waals surface area contributed by atoms with Gasteiger partial charge in [-0.05, 0) is 0 Å². The van der Waals surface area contributed by atoms with E-state index in [1.165, 1.54) is 0 Å². The number of hydrogen-bond acceptors (Lipinski definition) is 4. The van der Waals surface area contributed by atoms with Gasteiger partial charge in [0.1, 0.15) is 5.71 Å². The zero-order chi connectivity index (χ0) is 10.7. The van der Waals surface area contributed by atoms with E-state index in [0.29, 0.717) is 18.6 Å². The van der Waals surface area contributed by atoms with Crippen molar-refractivity contribution in [2.24, 2.45) is 5.10 Å². The number of carbonyl (C=O) groups is 2. The first-order chi connectivity index (χ1) is 7.27. The molecule has 2 aliphatic rings. The molecule has 0 aromatic heterocycles. The lowest BCUT2D eigenvalue weighted by molar-refractivity contribution is -0.124. The molecule has 82 valence electrons. The van der Waals surface area contributed by atoms with Gasteiger partial charge in [0.15, 0.2) is 0 Å². The second kappa shape index (κ2) is 4.65. The van der Waals surface area contributed by atoms with Crippen LogP contribution in [0.3, 0.4) is 0 Å². The fraction of sp³-hybridized carbons (Fsp3) is 0.667. The average molecular weight is 227 g/mol. The van der Waals surface area contributed by atoms with Crippen LogP contribution in [0.15, 0.2) is 5.10 Å². The Morgan fingerprint density at radius 2 is 2.07 bits per heavy atom. The lowest BCUT2D eigenvalue weighted by Crippen LogP contribution is -2.44. The predicted molar refractivity (Wildman–Crippen MR) is 58.7 cm³/mol. The number of hydrazone groups is 1. The highest BCUT2D eigenvalue weighted by Gasteiger charge is 2.24. The molecule has 2 aliphatic heterocycles. The Hall–Kier alpha value is -1.04. The summed E-state index contributed by atoms with van der Waals surface area (Å²) in [6.07, 6.45) is 0.835. The fourth-order valence-electron chi connectivity index (χ4n) is 1.58. The summed E-state index contributed by atoms with van der Waals surface area (Å²) >= 11 is 1.86. The van der Waals surface area contributed by atoms with E-state index in [4.69, 9.17) is 0 Å². The van der Waals surface area contributed by atoms with Crippen LogP contribution in [0.25, 0.3) is 0 Å². The van der Waals surface area contributed by atoms with Crippen LogP contribution in [-0.2, 0) is 9.59 Å². The molecule has 2 heterocycles. The minimum atomic E-state index is -0.110. The molecule has 0 aromatic carbocycles. The third-order valence-corrected chi connectivity index (χ3v) is 3.39. The van der Waals surface area contributed by atoms with Gasteiger partial charge in [0, 0.05) is 37.4 Å². The van der Waals surface area contributed by atoms with Gasteiger partial charge in [0.2, 0.25) is 5.91 Å². The first-order valence-corrected chi connectivity index (χ1v) is 6.15. The van der Waals surface area contributed by atoms with Crippen LogP contribution in [0, 0.1) is 0 Å². The van der Waals surface area contributed by atoms with E-state index < -0.39 is 0 Å². The Balaban J connectivity index is 1.97. The van der Waals surface area contributed by atoms with Crippen molar-refractivity contribution in [1.29, 1.82) is 0 Å². The van der Waals surface area contributed by atoms with E-state index in [9.17, 15) is 9.59 Å². The van der Waals surface area contributed by atoms with Crippen molar-refractivity contribution in [3.05, 3.63) is 0 Å². The molecule has 0 bridgehead atoms. The second-order valence-electron chi connectivity index (χ2n) is 3.50. The van der Waals surface area contributed by atoms with E-state index in [1.807, 2.05) is 16.7 Å². The number of thioether (sulfide) groups is 1. The Bertz CT molecular complexity index is 310. The van der Waals surface area contributed by atoms with Gasteiger partial charge < -0.3 is 4.90 Å². The topological polar surface area (TPSA) is 61.8 Å². The van der Waals surface area contributed by atoms with Crippen molar-refractivity contribution >= 4 is 29.3 Å². The van der Waals surface area contributed by atoms with Gasteiger partial charge in [0.05, 0.1) is 0 Å². The van der Waals surface area contributed by atoms with E-state index in [-0.39, 0.29) is 11.8 Å². The highest BCUT2D eigenvalue weighted by molar-refractivity contribution is 7.99. The molecule has 0 aliphatic carbocycles. The van der Waals surface area contributed by atoms with Crippen LogP contribution in [0.1, 0.15) is 12.8 Å². The molecule has 2 rings (SSSR count). The van der Waals surface area contributed by atoms with E-state index in [1.54, 1.807) is 0 Å². The zero-order valence-electron chi connectivity index (χ0n) is 8.36. The van der Waals surface area contributed by atoms with E-state index in [2.05, 4.69) is 10.5 Å². The average Bonchev–Trinajstić information content (AvgIpc) is 2.30. The molecule has 0 saturated carbocycles. The molecular formula is C9H13N3O2S. The minimum absolute atomic E-state index is 0.0182. The summed E-state index contributed by atoms with van der Waals surface area (Å²) in [5.74, 6) is 1.85. The molecule has 0 atom stereocenters. The summed E-state index contributed by atoms with van der Waals surface area (Å²) in [4.78, 5) is 24.6. The molecule has 6 heteroatoms. The SMILES string of the molecule is O=C1CCC(C(=O)N2CCSCC2)=NN1. The Morgan fingerprint density at radius 1 is 1.33 bits per heavy atom. The first-order valence-electron chi connectivity index (χ1n) is 5.00. The summed E-state index contributed by atoms with van der Waals surface area (Å²) in [5.41, 5.74) is 2.84. The van der Waals surface area contributed by atoms with Gasteiger partial charge >= 0.3 is 0 Å². The highest BCUT2D eigenvalue weighted by Crippen LogP contribution is 2.11. The molecule has 0 aromatic rings. The van der Waals surface area contributed by atoms with Crippen LogP contribution < -0.4 is 5.43 Å². The smallest absolute Gasteiger partial charge is 0.270 e. The van der Waals surface area contributed by atoms with Crippen molar-refractivity contribution in [1.82, 2.24) is 10.3 Å². The van der Waals surface area contributed by atoms with Crippen molar-refractivity contribution in [3.63, 3.8) is 0 Å². The number of nitrogens with one attached hydrogen (secondary N) is 1. The zero-order valence-corrected chi connectivity index (χ0v) is 9.18. The first kappa shape index (κ1) is 10.5. The third kappa shape index (κ3) is 2.50. The van der Waals surface area contributed by atoms with E-state index >= 15 is 0 Å². The monoisotopic (exact) mass is 227 g/mol. The van der Waals surface area contributed by atoms with Gasteiger partial charge in [-0.3, -0.25) is 9.59 Å². The highest BCUT2D eigenvalue weighted by atomic mass is 32.2. The minimum Gasteiger partial charge on any atom is -0.336 e. The molecule has 0 spiro atoms.